The molecule has 0 aliphatic heterocycles. The van der Waals surface area contributed by atoms with Gasteiger partial charge in [-0.05, 0) is 31.7 Å². The molecule has 0 bridgehead atoms. The molecule has 0 radical (unpaired) electrons. The molecule has 0 heterocycles. The van der Waals surface area contributed by atoms with Crippen LogP contribution < -0.4 is 5.32 Å². The summed E-state index contributed by atoms with van der Waals surface area (Å²) in [6, 6.07) is 0.708. The van der Waals surface area contributed by atoms with Crippen LogP contribution >= 0.6 is 0 Å². The van der Waals surface area contributed by atoms with Gasteiger partial charge in [-0.3, -0.25) is 0 Å². The van der Waals surface area contributed by atoms with E-state index in [2.05, 4.69) is 26.1 Å². The Hall–Kier alpha value is -0.0400. The van der Waals surface area contributed by atoms with Crippen molar-refractivity contribution >= 4 is 0 Å². The SMILES string of the molecule is CNC(C)C1CC1(C)C. The molecule has 0 aromatic carbocycles. The smallest absolute Gasteiger partial charge is 0.00693 e. The van der Waals surface area contributed by atoms with Gasteiger partial charge in [0.1, 0.15) is 0 Å². The zero-order valence-corrected chi connectivity index (χ0v) is 6.86. The molecule has 2 atom stereocenters. The molecule has 1 rings (SSSR count). The second kappa shape index (κ2) is 1.98. The molecule has 1 saturated carbocycles. The van der Waals surface area contributed by atoms with Crippen molar-refractivity contribution in [3.8, 4) is 0 Å². The monoisotopic (exact) mass is 127 g/mol. The third-order valence-corrected chi connectivity index (χ3v) is 2.65. The number of rotatable bonds is 2. The van der Waals surface area contributed by atoms with E-state index in [0.717, 1.165) is 5.92 Å². The Kier molecular flexibility index (Phi) is 1.55. The van der Waals surface area contributed by atoms with E-state index in [4.69, 9.17) is 0 Å². The van der Waals surface area contributed by atoms with E-state index in [0.29, 0.717) is 11.5 Å². The standard InChI is InChI=1S/C8H17N/c1-6(9-4)7-5-8(7,2)3/h6-7,9H,5H2,1-4H3. The number of hydrogen-bond acceptors (Lipinski definition) is 1. The maximum absolute atomic E-state index is 3.28. The Morgan fingerprint density at radius 1 is 1.56 bits per heavy atom. The van der Waals surface area contributed by atoms with Crippen molar-refractivity contribution in [3.05, 3.63) is 0 Å². The Labute approximate surface area is 57.8 Å². The summed E-state index contributed by atoms with van der Waals surface area (Å²) in [5, 5.41) is 3.28. The van der Waals surface area contributed by atoms with Crippen LogP contribution in [0.5, 0.6) is 0 Å². The summed E-state index contributed by atoms with van der Waals surface area (Å²) in [5.41, 5.74) is 0.627. The minimum Gasteiger partial charge on any atom is -0.317 e. The molecule has 1 nitrogen and oxygen atoms in total. The first kappa shape index (κ1) is 7.07. The third-order valence-electron chi connectivity index (χ3n) is 2.65. The van der Waals surface area contributed by atoms with Gasteiger partial charge < -0.3 is 5.32 Å². The second-order valence-corrected chi connectivity index (χ2v) is 3.88. The Morgan fingerprint density at radius 2 is 2.00 bits per heavy atom. The van der Waals surface area contributed by atoms with Crippen LogP contribution in [0.3, 0.4) is 0 Å². The predicted octanol–water partition coefficient (Wildman–Crippen LogP) is 1.64. The summed E-state index contributed by atoms with van der Waals surface area (Å²) in [6.45, 7) is 6.94. The summed E-state index contributed by atoms with van der Waals surface area (Å²) in [7, 11) is 2.04. The lowest BCUT2D eigenvalue weighted by Crippen LogP contribution is -2.25. The number of hydrogen-bond donors (Lipinski definition) is 1. The van der Waals surface area contributed by atoms with Crippen molar-refractivity contribution in [3.63, 3.8) is 0 Å². The Bertz CT molecular complexity index is 107. The number of nitrogens with one attached hydrogen (secondary N) is 1. The van der Waals surface area contributed by atoms with Gasteiger partial charge in [0.05, 0.1) is 0 Å². The molecule has 0 aromatic rings. The van der Waals surface area contributed by atoms with Crippen molar-refractivity contribution in [2.75, 3.05) is 7.05 Å². The predicted molar refractivity (Wildman–Crippen MR) is 40.4 cm³/mol. The van der Waals surface area contributed by atoms with Crippen LogP contribution in [-0.2, 0) is 0 Å². The molecule has 1 fully saturated rings. The van der Waals surface area contributed by atoms with Crippen LogP contribution in [-0.4, -0.2) is 13.1 Å². The normalized spacial score (nSPS) is 34.0. The summed E-state index contributed by atoms with van der Waals surface area (Å²) in [5.74, 6) is 0.919. The lowest BCUT2D eigenvalue weighted by molar-refractivity contribution is 0.453. The average molecular weight is 127 g/mol. The van der Waals surface area contributed by atoms with Crippen molar-refractivity contribution in [1.29, 1.82) is 0 Å². The molecule has 54 valence electrons. The molecule has 1 heteroatoms. The molecule has 2 unspecified atom stereocenters. The lowest BCUT2D eigenvalue weighted by Gasteiger charge is -2.10. The Balaban J connectivity index is 2.33. The fraction of sp³-hybridized carbons (Fsp3) is 1.00. The van der Waals surface area contributed by atoms with Crippen molar-refractivity contribution < 1.29 is 0 Å². The van der Waals surface area contributed by atoms with E-state index >= 15 is 0 Å². The molecule has 1 aliphatic carbocycles. The lowest BCUT2D eigenvalue weighted by atomic mass is 10.1. The molecule has 9 heavy (non-hydrogen) atoms. The van der Waals surface area contributed by atoms with Crippen LogP contribution in [0.15, 0.2) is 0 Å². The van der Waals surface area contributed by atoms with Gasteiger partial charge in [0.2, 0.25) is 0 Å². The minimum atomic E-state index is 0.627. The zero-order valence-electron chi connectivity index (χ0n) is 6.86. The maximum atomic E-state index is 3.28. The first-order valence-corrected chi connectivity index (χ1v) is 3.75. The van der Waals surface area contributed by atoms with E-state index < -0.39 is 0 Å². The van der Waals surface area contributed by atoms with Crippen LogP contribution in [0.4, 0.5) is 0 Å². The maximum Gasteiger partial charge on any atom is 0.00693 e. The highest BCUT2D eigenvalue weighted by molar-refractivity contribution is 4.99. The molecule has 1 N–H and O–H groups in total. The minimum absolute atomic E-state index is 0.627. The fourth-order valence-corrected chi connectivity index (χ4v) is 1.56. The first-order chi connectivity index (χ1) is 4.08. The second-order valence-electron chi connectivity index (χ2n) is 3.88. The molecule has 0 saturated heterocycles. The van der Waals surface area contributed by atoms with Gasteiger partial charge in [-0.1, -0.05) is 13.8 Å². The highest BCUT2D eigenvalue weighted by Crippen LogP contribution is 2.53. The van der Waals surface area contributed by atoms with Gasteiger partial charge in [0.15, 0.2) is 0 Å². The van der Waals surface area contributed by atoms with Gasteiger partial charge in [0.25, 0.3) is 0 Å². The molecule has 1 aliphatic rings. The topological polar surface area (TPSA) is 12.0 Å². The molecular formula is C8H17N. The van der Waals surface area contributed by atoms with E-state index in [1.807, 2.05) is 7.05 Å². The van der Waals surface area contributed by atoms with Crippen molar-refractivity contribution in [1.82, 2.24) is 5.32 Å². The fourth-order valence-electron chi connectivity index (χ4n) is 1.56. The Morgan fingerprint density at radius 3 is 2.11 bits per heavy atom. The van der Waals surface area contributed by atoms with Crippen LogP contribution in [0, 0.1) is 11.3 Å². The van der Waals surface area contributed by atoms with Crippen LogP contribution in [0.25, 0.3) is 0 Å². The summed E-state index contributed by atoms with van der Waals surface area (Å²) >= 11 is 0. The van der Waals surface area contributed by atoms with Crippen LogP contribution in [0.2, 0.25) is 0 Å². The first-order valence-electron chi connectivity index (χ1n) is 3.75. The van der Waals surface area contributed by atoms with Gasteiger partial charge in [-0.15, -0.1) is 0 Å². The molecule has 0 spiro atoms. The van der Waals surface area contributed by atoms with Crippen LogP contribution in [0.1, 0.15) is 27.2 Å². The van der Waals surface area contributed by atoms with E-state index in [1.165, 1.54) is 6.42 Å². The highest BCUT2D eigenvalue weighted by atomic mass is 14.9. The van der Waals surface area contributed by atoms with Gasteiger partial charge in [-0.25, -0.2) is 0 Å². The summed E-state index contributed by atoms with van der Waals surface area (Å²) < 4.78 is 0. The van der Waals surface area contributed by atoms with E-state index in [9.17, 15) is 0 Å². The molecule has 0 aromatic heterocycles. The average Bonchev–Trinajstić information content (AvgIpc) is 2.38. The summed E-state index contributed by atoms with van der Waals surface area (Å²) in [6.07, 6.45) is 1.40. The van der Waals surface area contributed by atoms with Crippen molar-refractivity contribution in [2.45, 2.75) is 33.2 Å². The van der Waals surface area contributed by atoms with Gasteiger partial charge in [-0.2, -0.15) is 0 Å². The largest absolute Gasteiger partial charge is 0.317 e. The van der Waals surface area contributed by atoms with E-state index in [-0.39, 0.29) is 0 Å². The van der Waals surface area contributed by atoms with Gasteiger partial charge in [0, 0.05) is 6.04 Å². The van der Waals surface area contributed by atoms with E-state index in [1.54, 1.807) is 0 Å². The molecular weight excluding hydrogens is 110 g/mol. The third kappa shape index (κ3) is 1.26. The summed E-state index contributed by atoms with van der Waals surface area (Å²) in [4.78, 5) is 0. The van der Waals surface area contributed by atoms with Crippen molar-refractivity contribution in [2.24, 2.45) is 11.3 Å². The molecule has 0 amide bonds. The quantitative estimate of drug-likeness (QED) is 0.594. The highest BCUT2D eigenvalue weighted by Gasteiger charge is 2.47. The van der Waals surface area contributed by atoms with Gasteiger partial charge >= 0.3 is 0 Å². The zero-order chi connectivity index (χ0) is 7.07.